The molecular formula is C9H12N4O3. The van der Waals surface area contributed by atoms with Crippen molar-refractivity contribution in [3.63, 3.8) is 0 Å². The van der Waals surface area contributed by atoms with Gasteiger partial charge >= 0.3 is 12.0 Å². The maximum Gasteiger partial charge on any atom is 0.326 e. The molecule has 0 aromatic carbocycles. The molecule has 0 saturated carbocycles. The fraction of sp³-hybridized carbons (Fsp3) is 0.333. The Kier molecular flexibility index (Phi) is 4.19. The molecule has 1 aromatic rings. The molecule has 0 aliphatic rings. The summed E-state index contributed by atoms with van der Waals surface area (Å²) in [5, 5.41) is 13.5. The van der Waals surface area contributed by atoms with E-state index in [1.165, 1.54) is 18.7 Å². The molecule has 0 radical (unpaired) electrons. The molecule has 86 valence electrons. The highest BCUT2D eigenvalue weighted by atomic mass is 16.4. The summed E-state index contributed by atoms with van der Waals surface area (Å²) in [6, 6.07) is -1.49. The SMILES string of the molecule is CCC(NC(=O)Nc1cncnc1)C(=O)O. The third-order valence-electron chi connectivity index (χ3n) is 1.83. The third-order valence-corrected chi connectivity index (χ3v) is 1.83. The molecule has 0 spiro atoms. The van der Waals surface area contributed by atoms with Gasteiger partial charge in [0, 0.05) is 0 Å². The summed E-state index contributed by atoms with van der Waals surface area (Å²) in [5.74, 6) is -1.07. The number of aliphatic carboxylic acids is 1. The molecule has 1 heterocycles. The summed E-state index contributed by atoms with van der Waals surface area (Å²) in [5.41, 5.74) is 0.403. The molecule has 1 unspecified atom stereocenters. The molecule has 1 atom stereocenters. The second-order valence-electron chi connectivity index (χ2n) is 3.02. The molecule has 2 amide bonds. The maximum absolute atomic E-state index is 11.3. The summed E-state index contributed by atoms with van der Waals surface area (Å²) >= 11 is 0. The summed E-state index contributed by atoms with van der Waals surface area (Å²) in [6.45, 7) is 1.67. The van der Waals surface area contributed by atoms with Crippen LogP contribution in [0.3, 0.4) is 0 Å². The molecule has 0 fully saturated rings. The van der Waals surface area contributed by atoms with E-state index in [0.717, 1.165) is 0 Å². The number of anilines is 1. The van der Waals surface area contributed by atoms with Crippen LogP contribution < -0.4 is 10.6 Å². The monoisotopic (exact) mass is 224 g/mol. The Hall–Kier alpha value is -2.18. The van der Waals surface area contributed by atoms with Gasteiger partial charge in [-0.3, -0.25) is 0 Å². The molecule has 3 N–H and O–H groups in total. The van der Waals surface area contributed by atoms with Crippen molar-refractivity contribution < 1.29 is 14.7 Å². The standard InChI is InChI=1S/C9H12N4O3/c1-2-7(8(14)15)13-9(16)12-6-3-10-5-11-4-6/h3-5,7H,2H2,1H3,(H,14,15)(H2,12,13,16). The van der Waals surface area contributed by atoms with Gasteiger partial charge in [0.2, 0.25) is 0 Å². The smallest absolute Gasteiger partial charge is 0.326 e. The van der Waals surface area contributed by atoms with Gasteiger partial charge in [-0.2, -0.15) is 0 Å². The van der Waals surface area contributed by atoms with Gasteiger partial charge in [0.1, 0.15) is 12.4 Å². The summed E-state index contributed by atoms with van der Waals surface area (Å²) in [6.07, 6.45) is 4.46. The van der Waals surface area contributed by atoms with Gasteiger partial charge in [0.25, 0.3) is 0 Å². The Bertz CT molecular complexity index is 368. The topological polar surface area (TPSA) is 104 Å². The van der Waals surface area contributed by atoms with Gasteiger partial charge < -0.3 is 15.7 Å². The van der Waals surface area contributed by atoms with E-state index < -0.39 is 18.0 Å². The number of hydrogen-bond acceptors (Lipinski definition) is 4. The average Bonchev–Trinajstić information content (AvgIpc) is 2.27. The van der Waals surface area contributed by atoms with Gasteiger partial charge in [-0.1, -0.05) is 6.92 Å². The zero-order chi connectivity index (χ0) is 12.0. The molecule has 0 aliphatic carbocycles. The van der Waals surface area contributed by atoms with E-state index in [1.54, 1.807) is 6.92 Å². The van der Waals surface area contributed by atoms with Gasteiger partial charge in [0.05, 0.1) is 18.1 Å². The van der Waals surface area contributed by atoms with Crippen LogP contribution in [0.1, 0.15) is 13.3 Å². The summed E-state index contributed by atoms with van der Waals surface area (Å²) in [4.78, 5) is 29.4. The molecule has 0 aliphatic heterocycles. The van der Waals surface area contributed by atoms with E-state index in [9.17, 15) is 9.59 Å². The van der Waals surface area contributed by atoms with Crippen molar-refractivity contribution in [1.82, 2.24) is 15.3 Å². The predicted octanol–water partition coefficient (Wildman–Crippen LogP) is 0.461. The first-order valence-electron chi connectivity index (χ1n) is 4.68. The fourth-order valence-corrected chi connectivity index (χ4v) is 1.03. The van der Waals surface area contributed by atoms with E-state index in [0.29, 0.717) is 12.1 Å². The van der Waals surface area contributed by atoms with Gasteiger partial charge in [-0.15, -0.1) is 0 Å². The predicted molar refractivity (Wildman–Crippen MR) is 55.9 cm³/mol. The van der Waals surface area contributed by atoms with Crippen LogP contribution in [-0.4, -0.2) is 33.1 Å². The van der Waals surface area contributed by atoms with Crippen molar-refractivity contribution in [2.75, 3.05) is 5.32 Å². The Morgan fingerprint density at radius 2 is 2.06 bits per heavy atom. The number of carbonyl (C=O) groups excluding carboxylic acids is 1. The van der Waals surface area contributed by atoms with Crippen LogP contribution >= 0.6 is 0 Å². The van der Waals surface area contributed by atoms with E-state index in [4.69, 9.17) is 5.11 Å². The Morgan fingerprint density at radius 3 is 2.56 bits per heavy atom. The van der Waals surface area contributed by atoms with E-state index in [1.807, 2.05) is 0 Å². The van der Waals surface area contributed by atoms with Crippen LogP contribution in [0.4, 0.5) is 10.5 Å². The number of rotatable bonds is 4. The van der Waals surface area contributed by atoms with E-state index >= 15 is 0 Å². The van der Waals surface area contributed by atoms with Gasteiger partial charge in [0.15, 0.2) is 0 Å². The Balaban J connectivity index is 2.50. The number of aromatic nitrogens is 2. The molecule has 0 bridgehead atoms. The van der Waals surface area contributed by atoms with Crippen LogP contribution in [0.25, 0.3) is 0 Å². The highest BCUT2D eigenvalue weighted by Gasteiger charge is 2.17. The molecule has 7 nitrogen and oxygen atoms in total. The fourth-order valence-electron chi connectivity index (χ4n) is 1.03. The lowest BCUT2D eigenvalue weighted by Crippen LogP contribution is -2.42. The summed E-state index contributed by atoms with van der Waals surface area (Å²) < 4.78 is 0. The first kappa shape index (κ1) is 11.9. The normalized spacial score (nSPS) is 11.6. The van der Waals surface area contributed by atoms with Gasteiger partial charge in [-0.05, 0) is 6.42 Å². The van der Waals surface area contributed by atoms with Crippen molar-refractivity contribution in [2.24, 2.45) is 0 Å². The lowest BCUT2D eigenvalue weighted by molar-refractivity contribution is -0.139. The van der Waals surface area contributed by atoms with Crippen LogP contribution in [-0.2, 0) is 4.79 Å². The second kappa shape index (κ2) is 5.64. The largest absolute Gasteiger partial charge is 0.480 e. The zero-order valence-corrected chi connectivity index (χ0v) is 8.67. The molecular weight excluding hydrogens is 212 g/mol. The Morgan fingerprint density at radius 1 is 1.44 bits per heavy atom. The van der Waals surface area contributed by atoms with E-state index in [-0.39, 0.29) is 0 Å². The lowest BCUT2D eigenvalue weighted by Gasteiger charge is -2.12. The minimum atomic E-state index is -1.07. The quantitative estimate of drug-likeness (QED) is 0.689. The van der Waals surface area contributed by atoms with Crippen molar-refractivity contribution >= 4 is 17.7 Å². The number of hydrogen-bond donors (Lipinski definition) is 3. The molecule has 1 rings (SSSR count). The highest BCUT2D eigenvalue weighted by Crippen LogP contribution is 2.00. The van der Waals surface area contributed by atoms with Gasteiger partial charge in [-0.25, -0.2) is 19.6 Å². The Labute approximate surface area is 91.9 Å². The van der Waals surface area contributed by atoms with Crippen LogP contribution in [0, 0.1) is 0 Å². The number of nitrogens with one attached hydrogen (secondary N) is 2. The molecule has 1 aromatic heterocycles. The molecule has 7 heteroatoms. The molecule has 0 saturated heterocycles. The number of carboxylic acids is 1. The van der Waals surface area contributed by atoms with Crippen molar-refractivity contribution in [3.05, 3.63) is 18.7 Å². The zero-order valence-electron chi connectivity index (χ0n) is 8.67. The van der Waals surface area contributed by atoms with Crippen molar-refractivity contribution in [1.29, 1.82) is 0 Å². The maximum atomic E-state index is 11.3. The minimum absolute atomic E-state index is 0.314. The highest BCUT2D eigenvalue weighted by molar-refractivity contribution is 5.91. The average molecular weight is 224 g/mol. The summed E-state index contributed by atoms with van der Waals surface area (Å²) in [7, 11) is 0. The minimum Gasteiger partial charge on any atom is -0.480 e. The number of urea groups is 1. The third kappa shape index (κ3) is 3.52. The first-order chi connectivity index (χ1) is 7.63. The van der Waals surface area contributed by atoms with Crippen LogP contribution in [0.2, 0.25) is 0 Å². The molecule has 16 heavy (non-hydrogen) atoms. The number of nitrogens with zero attached hydrogens (tertiary/aromatic N) is 2. The van der Waals surface area contributed by atoms with E-state index in [2.05, 4.69) is 20.6 Å². The number of carbonyl (C=O) groups is 2. The number of carboxylic acid groups (broad SMARTS) is 1. The van der Waals surface area contributed by atoms with Crippen molar-refractivity contribution in [3.8, 4) is 0 Å². The first-order valence-corrected chi connectivity index (χ1v) is 4.68. The number of amides is 2. The van der Waals surface area contributed by atoms with Crippen molar-refractivity contribution in [2.45, 2.75) is 19.4 Å². The van der Waals surface area contributed by atoms with Crippen LogP contribution in [0.5, 0.6) is 0 Å². The second-order valence-corrected chi connectivity index (χ2v) is 3.02. The van der Waals surface area contributed by atoms with Crippen LogP contribution in [0.15, 0.2) is 18.7 Å². The lowest BCUT2D eigenvalue weighted by atomic mass is 10.2.